The molecule has 0 atom stereocenters. The Kier molecular flexibility index (Phi) is 7.12. The lowest BCUT2D eigenvalue weighted by Gasteiger charge is -2.21. The van der Waals surface area contributed by atoms with Crippen molar-refractivity contribution in [2.45, 2.75) is 0 Å². The maximum Gasteiger partial charge on any atom is 0.164 e. The number of pyridine rings is 1. The van der Waals surface area contributed by atoms with E-state index in [1.165, 1.54) is 16.3 Å². The molecule has 0 saturated heterocycles. The molecule has 2 heterocycles. The molecule has 8 rings (SSSR count). The molecule has 0 aliphatic carbocycles. The number of hydrogen-bond acceptors (Lipinski definition) is 2. The molecule has 0 N–H and O–H groups in total. The van der Waals surface area contributed by atoms with Gasteiger partial charge in [-0.2, -0.15) is 0 Å². The Bertz CT molecular complexity index is 2400. The van der Waals surface area contributed by atoms with Gasteiger partial charge in [0.15, 0.2) is 5.65 Å². The second-order valence-electron chi connectivity index (χ2n) is 11.5. The first kappa shape index (κ1) is 28.2. The third-order valence-electron chi connectivity index (χ3n) is 8.83. The van der Waals surface area contributed by atoms with E-state index in [0.717, 1.165) is 67.2 Å². The van der Waals surface area contributed by atoms with E-state index in [0.29, 0.717) is 0 Å². The first-order valence-corrected chi connectivity index (χ1v) is 15.7. The van der Waals surface area contributed by atoms with Crippen LogP contribution < -0.4 is 0 Å². The van der Waals surface area contributed by atoms with Gasteiger partial charge in [0.2, 0.25) is 0 Å². The molecule has 0 unspecified atom stereocenters. The van der Waals surface area contributed by atoms with Crippen molar-refractivity contribution in [2.75, 3.05) is 0 Å². The van der Waals surface area contributed by atoms with Gasteiger partial charge in [-0.3, -0.25) is 4.57 Å². The van der Waals surface area contributed by atoms with Crippen LogP contribution in [-0.4, -0.2) is 14.5 Å². The predicted molar refractivity (Wildman–Crippen MR) is 198 cm³/mol. The predicted octanol–water partition coefficient (Wildman–Crippen LogP) is 11.5. The first-order valence-electron chi connectivity index (χ1n) is 15.7. The molecule has 47 heavy (non-hydrogen) atoms. The van der Waals surface area contributed by atoms with Gasteiger partial charge >= 0.3 is 0 Å². The molecule has 0 amide bonds. The average molecular weight is 602 g/mol. The maximum atomic E-state index is 4.96. The van der Waals surface area contributed by atoms with Crippen LogP contribution in [0.2, 0.25) is 0 Å². The van der Waals surface area contributed by atoms with Crippen molar-refractivity contribution in [2.24, 2.45) is 0 Å². The number of nitrogens with zero attached hydrogens (tertiary/aromatic N) is 3. The number of rotatable bonds is 7. The van der Waals surface area contributed by atoms with Gasteiger partial charge in [0, 0.05) is 17.4 Å². The molecule has 0 fully saturated rings. The Labute approximate surface area is 274 Å². The minimum atomic E-state index is 0.834. The fourth-order valence-electron chi connectivity index (χ4n) is 6.70. The normalized spacial score (nSPS) is 11.1. The molecule has 0 bridgehead atoms. The van der Waals surface area contributed by atoms with Crippen LogP contribution in [0.4, 0.5) is 0 Å². The quantitative estimate of drug-likeness (QED) is 0.182. The second-order valence-corrected chi connectivity index (χ2v) is 11.5. The van der Waals surface area contributed by atoms with Gasteiger partial charge in [0.1, 0.15) is 11.3 Å². The summed E-state index contributed by atoms with van der Waals surface area (Å²) < 4.78 is 2.14. The van der Waals surface area contributed by atoms with Gasteiger partial charge in [-0.1, -0.05) is 141 Å². The maximum absolute atomic E-state index is 4.96. The molecule has 0 aliphatic heterocycles. The van der Waals surface area contributed by atoms with E-state index in [1.807, 2.05) is 48.7 Å². The highest BCUT2D eigenvalue weighted by atomic mass is 15.1. The summed E-state index contributed by atoms with van der Waals surface area (Å²) in [7, 11) is 0. The van der Waals surface area contributed by atoms with E-state index >= 15 is 0 Å². The summed E-state index contributed by atoms with van der Waals surface area (Å²) >= 11 is 0. The van der Waals surface area contributed by atoms with Crippen LogP contribution in [0, 0.1) is 0 Å². The Balaban J connectivity index is 1.32. The number of fused-ring (bicyclic) bond motifs is 2. The third kappa shape index (κ3) is 4.86. The SMILES string of the molecule is C=Cc1c(C=C)c(-c2ccccc2)c2cc(-c3ccc(-n4c(-c5ccccc5)nc5cccnc54)cc3)ccc2c1-c1ccccc1. The van der Waals surface area contributed by atoms with Crippen molar-refractivity contribution >= 4 is 34.1 Å². The largest absolute Gasteiger partial charge is 0.277 e. The molecular formula is C44H31N3. The van der Waals surface area contributed by atoms with Crippen molar-refractivity contribution in [3.05, 3.63) is 176 Å². The highest BCUT2D eigenvalue weighted by molar-refractivity contribution is 6.12. The summed E-state index contributed by atoms with van der Waals surface area (Å²) in [6, 6.07) is 50.9. The van der Waals surface area contributed by atoms with Crippen LogP contribution >= 0.6 is 0 Å². The topological polar surface area (TPSA) is 30.7 Å². The van der Waals surface area contributed by atoms with E-state index < -0.39 is 0 Å². The number of hydrogen-bond donors (Lipinski definition) is 0. The van der Waals surface area contributed by atoms with Gasteiger partial charge < -0.3 is 0 Å². The molecule has 0 radical (unpaired) electrons. The molecule has 0 saturated carbocycles. The Hall–Kier alpha value is -6.32. The molecule has 0 spiro atoms. The number of aromatic nitrogens is 3. The van der Waals surface area contributed by atoms with Gasteiger partial charge in [-0.25, -0.2) is 9.97 Å². The van der Waals surface area contributed by atoms with Crippen LogP contribution in [0.5, 0.6) is 0 Å². The molecular weight excluding hydrogens is 571 g/mol. The van der Waals surface area contributed by atoms with Crippen molar-refractivity contribution < 1.29 is 0 Å². The minimum Gasteiger partial charge on any atom is -0.277 e. The lowest BCUT2D eigenvalue weighted by Crippen LogP contribution is -1.99. The summed E-state index contributed by atoms with van der Waals surface area (Å²) in [6.45, 7) is 8.52. The van der Waals surface area contributed by atoms with E-state index in [2.05, 4.69) is 133 Å². The molecule has 3 nitrogen and oxygen atoms in total. The fraction of sp³-hybridized carbons (Fsp3) is 0. The zero-order valence-electron chi connectivity index (χ0n) is 25.8. The van der Waals surface area contributed by atoms with Gasteiger partial charge in [0.05, 0.1) is 0 Å². The van der Waals surface area contributed by atoms with Crippen LogP contribution in [-0.2, 0) is 0 Å². The average Bonchev–Trinajstić information content (AvgIpc) is 3.54. The summed E-state index contributed by atoms with van der Waals surface area (Å²) in [5.41, 5.74) is 12.8. The minimum absolute atomic E-state index is 0.834. The van der Waals surface area contributed by atoms with Crippen molar-refractivity contribution in [3.63, 3.8) is 0 Å². The Morgan fingerprint density at radius 3 is 1.64 bits per heavy atom. The molecule has 8 aromatic rings. The van der Waals surface area contributed by atoms with Crippen LogP contribution in [0.1, 0.15) is 11.1 Å². The Morgan fingerprint density at radius 2 is 1.04 bits per heavy atom. The molecule has 6 aromatic carbocycles. The zero-order valence-corrected chi connectivity index (χ0v) is 25.8. The third-order valence-corrected chi connectivity index (χ3v) is 8.83. The standard InChI is InChI=1S/C44H31N3/c1-3-36-37(4-2)42(32-17-10-6-11-18-32)39-29-34(24-27-38(39)41(36)31-15-8-5-9-16-31)30-22-25-35(26-23-30)47-43(33-19-12-7-13-20-33)46-40-21-14-28-45-44(40)47/h3-29H,1-2H2. The van der Waals surface area contributed by atoms with Gasteiger partial charge in [-0.15, -0.1) is 0 Å². The summed E-state index contributed by atoms with van der Waals surface area (Å²) in [4.78, 5) is 9.67. The smallest absolute Gasteiger partial charge is 0.164 e. The highest BCUT2D eigenvalue weighted by Gasteiger charge is 2.20. The second kappa shape index (κ2) is 11.9. The molecule has 0 aliphatic rings. The Morgan fingerprint density at radius 1 is 0.489 bits per heavy atom. The van der Waals surface area contributed by atoms with Crippen LogP contribution in [0.25, 0.3) is 84.5 Å². The van der Waals surface area contributed by atoms with Crippen LogP contribution in [0.3, 0.4) is 0 Å². The molecule has 2 aromatic heterocycles. The van der Waals surface area contributed by atoms with Crippen molar-refractivity contribution in [1.29, 1.82) is 0 Å². The molecule has 3 heteroatoms. The van der Waals surface area contributed by atoms with Crippen molar-refractivity contribution in [3.8, 4) is 50.5 Å². The van der Waals surface area contributed by atoms with Gasteiger partial charge in [-0.05, 0) is 85.6 Å². The molecule has 222 valence electrons. The lowest BCUT2D eigenvalue weighted by atomic mass is 9.82. The van der Waals surface area contributed by atoms with Crippen LogP contribution in [0.15, 0.2) is 165 Å². The summed E-state index contributed by atoms with van der Waals surface area (Å²) in [5, 5.41) is 2.35. The lowest BCUT2D eigenvalue weighted by molar-refractivity contribution is 1.08. The van der Waals surface area contributed by atoms with E-state index in [-0.39, 0.29) is 0 Å². The van der Waals surface area contributed by atoms with E-state index in [9.17, 15) is 0 Å². The van der Waals surface area contributed by atoms with Crippen molar-refractivity contribution in [1.82, 2.24) is 14.5 Å². The zero-order chi connectivity index (χ0) is 31.7. The summed E-state index contributed by atoms with van der Waals surface area (Å²) in [5.74, 6) is 0.869. The summed E-state index contributed by atoms with van der Waals surface area (Å²) in [6.07, 6.45) is 5.76. The number of imidazole rings is 1. The number of benzene rings is 6. The van der Waals surface area contributed by atoms with Gasteiger partial charge in [0.25, 0.3) is 0 Å². The fourth-order valence-corrected chi connectivity index (χ4v) is 6.70. The monoisotopic (exact) mass is 601 g/mol. The highest BCUT2D eigenvalue weighted by Crippen LogP contribution is 2.44. The van der Waals surface area contributed by atoms with E-state index in [1.54, 1.807) is 0 Å². The first-order chi connectivity index (χ1) is 23.2. The van der Waals surface area contributed by atoms with E-state index in [4.69, 9.17) is 9.97 Å².